The summed E-state index contributed by atoms with van der Waals surface area (Å²) in [5.41, 5.74) is -0.188. The highest BCUT2D eigenvalue weighted by atomic mass is 16.5. The smallest absolute Gasteiger partial charge is 0.331 e. The second kappa shape index (κ2) is 6.58. The largest absolute Gasteiger partial charge is 0.478 e. The average Bonchev–Trinajstić information content (AvgIpc) is 2.22. The number of aliphatic carboxylic acids is 1. The topological polar surface area (TPSA) is 89.9 Å². The molecule has 0 fully saturated rings. The molecule has 0 unspecified atom stereocenters. The minimum atomic E-state index is -1.26. The molecule has 0 spiro atoms. The predicted molar refractivity (Wildman–Crippen MR) is 49.0 cm³/mol. The summed E-state index contributed by atoms with van der Waals surface area (Å²) in [6.45, 7) is 0. The molecule has 0 aromatic rings. The van der Waals surface area contributed by atoms with Crippen molar-refractivity contribution in [1.82, 2.24) is 0 Å². The van der Waals surface area contributed by atoms with Crippen LogP contribution in [-0.4, -0.2) is 37.2 Å². The molecule has 0 saturated carbocycles. The summed E-state index contributed by atoms with van der Waals surface area (Å²) in [7, 11) is 2.34. The highest BCUT2D eigenvalue weighted by molar-refractivity contribution is 5.95. The summed E-state index contributed by atoms with van der Waals surface area (Å²) in [6, 6.07) is 0. The second-order valence-corrected chi connectivity index (χ2v) is 2.57. The molecule has 0 saturated heterocycles. The summed E-state index contributed by atoms with van der Waals surface area (Å²) >= 11 is 0. The number of methoxy groups -OCH3 is 2. The van der Waals surface area contributed by atoms with Crippen molar-refractivity contribution in [2.24, 2.45) is 0 Å². The van der Waals surface area contributed by atoms with E-state index in [4.69, 9.17) is 5.11 Å². The van der Waals surface area contributed by atoms with E-state index in [2.05, 4.69) is 9.47 Å². The van der Waals surface area contributed by atoms with E-state index >= 15 is 0 Å². The van der Waals surface area contributed by atoms with Crippen LogP contribution in [0.15, 0.2) is 11.6 Å². The van der Waals surface area contributed by atoms with E-state index in [0.717, 1.165) is 13.2 Å². The fourth-order valence-electron chi connectivity index (χ4n) is 0.781. The van der Waals surface area contributed by atoms with Crippen LogP contribution >= 0.6 is 0 Å². The van der Waals surface area contributed by atoms with Crippen molar-refractivity contribution in [3.63, 3.8) is 0 Å². The molecule has 0 aliphatic heterocycles. The van der Waals surface area contributed by atoms with E-state index in [1.807, 2.05) is 0 Å². The van der Waals surface area contributed by atoms with E-state index in [0.29, 0.717) is 0 Å². The van der Waals surface area contributed by atoms with Crippen molar-refractivity contribution in [2.75, 3.05) is 14.2 Å². The fraction of sp³-hybridized carbons (Fsp3) is 0.444. The molecule has 84 valence electrons. The zero-order valence-electron chi connectivity index (χ0n) is 8.48. The van der Waals surface area contributed by atoms with Crippen LogP contribution in [0.5, 0.6) is 0 Å². The van der Waals surface area contributed by atoms with Gasteiger partial charge in [-0.15, -0.1) is 0 Å². The van der Waals surface area contributed by atoms with E-state index in [1.54, 1.807) is 0 Å². The normalized spacial score (nSPS) is 10.7. The van der Waals surface area contributed by atoms with Crippen molar-refractivity contribution in [3.05, 3.63) is 11.6 Å². The number of carboxylic acids is 1. The van der Waals surface area contributed by atoms with Crippen molar-refractivity contribution in [2.45, 2.75) is 12.8 Å². The Balaban J connectivity index is 4.42. The summed E-state index contributed by atoms with van der Waals surface area (Å²) in [5, 5.41) is 8.68. The number of hydrogen-bond acceptors (Lipinski definition) is 5. The Morgan fingerprint density at radius 1 is 1.13 bits per heavy atom. The van der Waals surface area contributed by atoms with Gasteiger partial charge >= 0.3 is 17.9 Å². The lowest BCUT2D eigenvalue weighted by Gasteiger charge is -2.01. The SMILES string of the molecule is COC(=O)C=C(CCC(=O)OC)C(=O)O. The molecular weight excluding hydrogens is 204 g/mol. The van der Waals surface area contributed by atoms with Gasteiger partial charge in [-0.05, 0) is 6.42 Å². The minimum Gasteiger partial charge on any atom is -0.478 e. The first kappa shape index (κ1) is 13.2. The Labute approximate surface area is 86.5 Å². The van der Waals surface area contributed by atoms with Gasteiger partial charge in [0.25, 0.3) is 0 Å². The highest BCUT2D eigenvalue weighted by Gasteiger charge is 2.12. The maximum absolute atomic E-state index is 10.8. The molecule has 0 bridgehead atoms. The molecule has 6 nitrogen and oxygen atoms in total. The average molecular weight is 216 g/mol. The van der Waals surface area contributed by atoms with Gasteiger partial charge < -0.3 is 14.6 Å². The van der Waals surface area contributed by atoms with Crippen LogP contribution in [0.4, 0.5) is 0 Å². The molecule has 0 aromatic carbocycles. The molecule has 0 aliphatic rings. The first-order chi connectivity index (χ1) is 7.01. The zero-order chi connectivity index (χ0) is 11.8. The van der Waals surface area contributed by atoms with Gasteiger partial charge in [0.15, 0.2) is 0 Å². The number of carbonyl (C=O) groups excluding carboxylic acids is 2. The van der Waals surface area contributed by atoms with E-state index in [-0.39, 0.29) is 18.4 Å². The van der Waals surface area contributed by atoms with Crippen molar-refractivity contribution >= 4 is 17.9 Å². The summed E-state index contributed by atoms with van der Waals surface area (Å²) in [6.07, 6.45) is 0.675. The van der Waals surface area contributed by atoms with E-state index in [1.165, 1.54) is 7.11 Å². The van der Waals surface area contributed by atoms with Crippen molar-refractivity contribution in [3.8, 4) is 0 Å². The third-order valence-electron chi connectivity index (χ3n) is 1.59. The van der Waals surface area contributed by atoms with Gasteiger partial charge in [-0.3, -0.25) is 4.79 Å². The Kier molecular flexibility index (Phi) is 5.77. The van der Waals surface area contributed by atoms with Crippen LogP contribution in [0.3, 0.4) is 0 Å². The summed E-state index contributed by atoms with van der Waals surface area (Å²) < 4.78 is 8.61. The fourth-order valence-corrected chi connectivity index (χ4v) is 0.781. The third kappa shape index (κ3) is 5.45. The predicted octanol–water partition coefficient (Wildman–Crippen LogP) is 0.124. The van der Waals surface area contributed by atoms with Crippen LogP contribution in [0.1, 0.15) is 12.8 Å². The van der Waals surface area contributed by atoms with Crippen LogP contribution < -0.4 is 0 Å². The molecule has 1 N–H and O–H groups in total. The van der Waals surface area contributed by atoms with Gasteiger partial charge in [0.2, 0.25) is 0 Å². The maximum atomic E-state index is 10.8. The van der Waals surface area contributed by atoms with Crippen molar-refractivity contribution in [1.29, 1.82) is 0 Å². The van der Waals surface area contributed by atoms with Crippen LogP contribution in [0.25, 0.3) is 0 Å². The van der Waals surface area contributed by atoms with Crippen LogP contribution in [0, 0.1) is 0 Å². The van der Waals surface area contributed by atoms with Gasteiger partial charge in [-0.2, -0.15) is 0 Å². The minimum absolute atomic E-state index is 0.0723. The lowest BCUT2D eigenvalue weighted by atomic mass is 10.1. The highest BCUT2D eigenvalue weighted by Crippen LogP contribution is 2.06. The molecule has 0 rings (SSSR count). The number of esters is 2. The molecule has 0 atom stereocenters. The lowest BCUT2D eigenvalue weighted by molar-refractivity contribution is -0.141. The van der Waals surface area contributed by atoms with Crippen LogP contribution in [-0.2, 0) is 23.9 Å². The molecule has 0 radical (unpaired) electrons. The molecule has 6 heteroatoms. The number of carbonyl (C=O) groups is 3. The van der Waals surface area contributed by atoms with E-state index in [9.17, 15) is 14.4 Å². The zero-order valence-corrected chi connectivity index (χ0v) is 8.48. The third-order valence-corrected chi connectivity index (χ3v) is 1.59. The molecule has 0 aliphatic carbocycles. The lowest BCUT2D eigenvalue weighted by Crippen LogP contribution is -2.08. The monoisotopic (exact) mass is 216 g/mol. The maximum Gasteiger partial charge on any atom is 0.331 e. The van der Waals surface area contributed by atoms with Crippen molar-refractivity contribution < 1.29 is 29.0 Å². The Hall–Kier alpha value is -1.85. The van der Waals surface area contributed by atoms with Gasteiger partial charge in [-0.25, -0.2) is 9.59 Å². The first-order valence-corrected chi connectivity index (χ1v) is 4.10. The molecule has 15 heavy (non-hydrogen) atoms. The summed E-state index contributed by atoms with van der Waals surface area (Å²) in [5.74, 6) is -2.56. The van der Waals surface area contributed by atoms with Gasteiger partial charge in [0.1, 0.15) is 0 Å². The number of hydrogen-bond donors (Lipinski definition) is 1. The quantitative estimate of drug-likeness (QED) is 0.518. The molecular formula is C9H12O6. The molecule has 0 aromatic heterocycles. The first-order valence-electron chi connectivity index (χ1n) is 4.10. The number of carboxylic acid groups (broad SMARTS) is 1. The van der Waals surface area contributed by atoms with E-state index < -0.39 is 17.9 Å². The van der Waals surface area contributed by atoms with Gasteiger partial charge in [0, 0.05) is 18.1 Å². The second-order valence-electron chi connectivity index (χ2n) is 2.57. The van der Waals surface area contributed by atoms with Gasteiger partial charge in [0.05, 0.1) is 14.2 Å². The Morgan fingerprint density at radius 3 is 2.13 bits per heavy atom. The number of rotatable bonds is 5. The molecule has 0 heterocycles. The van der Waals surface area contributed by atoms with Gasteiger partial charge in [-0.1, -0.05) is 0 Å². The summed E-state index contributed by atoms with van der Waals surface area (Å²) in [4.78, 5) is 32.1. The van der Waals surface area contributed by atoms with Crippen LogP contribution in [0.2, 0.25) is 0 Å². The standard InChI is InChI=1S/C9H12O6/c1-14-7(10)4-3-6(9(12)13)5-8(11)15-2/h5H,3-4H2,1-2H3,(H,12,13). The Bertz CT molecular complexity index is 291. The Morgan fingerprint density at radius 2 is 1.73 bits per heavy atom. The number of ether oxygens (including phenoxy) is 2. The molecule has 0 amide bonds.